The first-order valence-corrected chi connectivity index (χ1v) is 8.64. The van der Waals surface area contributed by atoms with E-state index in [9.17, 15) is 9.18 Å². The summed E-state index contributed by atoms with van der Waals surface area (Å²) in [7, 11) is 0. The molecule has 0 radical (unpaired) electrons. The maximum absolute atomic E-state index is 13.2. The minimum absolute atomic E-state index is 0.188. The van der Waals surface area contributed by atoms with Crippen LogP contribution in [0.2, 0.25) is 0 Å². The minimum Gasteiger partial charge on any atom is -0.303 e. The second kappa shape index (κ2) is 5.51. The highest BCUT2D eigenvalue weighted by atomic mass is 19.1. The molecular formula is C21H21FN2O. The van der Waals surface area contributed by atoms with Crippen molar-refractivity contribution < 1.29 is 9.18 Å². The SMILES string of the molecule is C=CC[C@]1(C=O)CCC2=Cc3c(cnn3-c3ccc(F)cc3)CC21C. The lowest BCUT2D eigenvalue weighted by Crippen LogP contribution is -2.40. The molecule has 0 saturated heterocycles. The van der Waals surface area contributed by atoms with Crippen molar-refractivity contribution in [2.24, 2.45) is 10.8 Å². The molecule has 0 N–H and O–H groups in total. The van der Waals surface area contributed by atoms with E-state index in [1.807, 2.05) is 17.0 Å². The van der Waals surface area contributed by atoms with Crippen LogP contribution in [-0.2, 0) is 11.2 Å². The van der Waals surface area contributed by atoms with Gasteiger partial charge in [0.1, 0.15) is 12.1 Å². The van der Waals surface area contributed by atoms with E-state index in [1.165, 1.54) is 17.7 Å². The van der Waals surface area contributed by atoms with E-state index in [1.54, 1.807) is 12.1 Å². The number of aldehydes is 1. The van der Waals surface area contributed by atoms with Crippen molar-refractivity contribution in [2.45, 2.75) is 32.6 Å². The summed E-state index contributed by atoms with van der Waals surface area (Å²) in [5.74, 6) is -0.258. The first-order chi connectivity index (χ1) is 12.0. The van der Waals surface area contributed by atoms with Crippen LogP contribution in [0.5, 0.6) is 0 Å². The van der Waals surface area contributed by atoms with E-state index in [4.69, 9.17) is 0 Å². The van der Waals surface area contributed by atoms with Crippen molar-refractivity contribution in [1.29, 1.82) is 0 Å². The summed E-state index contributed by atoms with van der Waals surface area (Å²) in [6, 6.07) is 6.36. The third-order valence-electron chi connectivity index (χ3n) is 6.19. The largest absolute Gasteiger partial charge is 0.303 e. The molecule has 4 heteroatoms. The molecule has 1 heterocycles. The molecule has 2 aromatic rings. The van der Waals surface area contributed by atoms with Gasteiger partial charge in [-0.25, -0.2) is 9.07 Å². The van der Waals surface area contributed by atoms with Crippen molar-refractivity contribution in [3.8, 4) is 5.69 Å². The predicted octanol–water partition coefficient (Wildman–Crippen LogP) is 4.51. The van der Waals surface area contributed by atoms with Crippen LogP contribution in [-0.4, -0.2) is 16.1 Å². The maximum atomic E-state index is 13.2. The zero-order valence-corrected chi connectivity index (χ0v) is 14.3. The molecule has 1 aromatic carbocycles. The van der Waals surface area contributed by atoms with Crippen LogP contribution in [0.15, 0.2) is 48.7 Å². The van der Waals surface area contributed by atoms with Crippen LogP contribution < -0.4 is 0 Å². The maximum Gasteiger partial charge on any atom is 0.127 e. The summed E-state index contributed by atoms with van der Waals surface area (Å²) in [6.07, 6.45) is 10.3. The highest BCUT2D eigenvalue weighted by molar-refractivity contribution is 5.70. The van der Waals surface area contributed by atoms with E-state index < -0.39 is 0 Å². The number of benzene rings is 1. The summed E-state index contributed by atoms with van der Waals surface area (Å²) in [5, 5.41) is 4.52. The molecule has 128 valence electrons. The third-order valence-corrected chi connectivity index (χ3v) is 6.19. The van der Waals surface area contributed by atoms with Gasteiger partial charge in [0, 0.05) is 10.8 Å². The lowest BCUT2D eigenvalue weighted by molar-refractivity contribution is -0.120. The number of hydrogen-bond donors (Lipinski definition) is 0. The van der Waals surface area contributed by atoms with Gasteiger partial charge in [-0.2, -0.15) is 5.10 Å². The second-order valence-corrected chi connectivity index (χ2v) is 7.39. The molecule has 4 rings (SSSR count). The van der Waals surface area contributed by atoms with Crippen molar-refractivity contribution in [3.05, 3.63) is 65.8 Å². The van der Waals surface area contributed by atoms with Gasteiger partial charge in [0.15, 0.2) is 0 Å². The van der Waals surface area contributed by atoms with Crippen LogP contribution in [0.1, 0.15) is 37.4 Å². The Balaban J connectivity index is 1.80. The average Bonchev–Trinajstić information content (AvgIpc) is 3.13. The molecule has 25 heavy (non-hydrogen) atoms. The van der Waals surface area contributed by atoms with Gasteiger partial charge in [0.25, 0.3) is 0 Å². The molecule has 0 spiro atoms. The molecule has 1 fully saturated rings. The van der Waals surface area contributed by atoms with Crippen molar-refractivity contribution in [1.82, 2.24) is 9.78 Å². The van der Waals surface area contributed by atoms with Gasteiger partial charge >= 0.3 is 0 Å². The van der Waals surface area contributed by atoms with Gasteiger partial charge < -0.3 is 4.79 Å². The summed E-state index contributed by atoms with van der Waals surface area (Å²) in [5.41, 5.74) is 3.75. The van der Waals surface area contributed by atoms with E-state index in [2.05, 4.69) is 24.7 Å². The fraction of sp³-hybridized carbons (Fsp3) is 0.333. The highest BCUT2D eigenvalue weighted by Gasteiger charge is 2.55. The summed E-state index contributed by atoms with van der Waals surface area (Å²) >= 11 is 0. The summed E-state index contributed by atoms with van der Waals surface area (Å²) in [6.45, 7) is 6.05. The van der Waals surface area contributed by atoms with Gasteiger partial charge in [-0.15, -0.1) is 6.58 Å². The Morgan fingerprint density at radius 1 is 1.36 bits per heavy atom. The van der Waals surface area contributed by atoms with Crippen LogP contribution in [0.4, 0.5) is 4.39 Å². The second-order valence-electron chi connectivity index (χ2n) is 7.39. The molecule has 0 bridgehead atoms. The number of nitrogens with zero attached hydrogens (tertiary/aromatic N) is 2. The van der Waals surface area contributed by atoms with Crippen molar-refractivity contribution >= 4 is 12.4 Å². The smallest absolute Gasteiger partial charge is 0.127 e. The van der Waals surface area contributed by atoms with Gasteiger partial charge in [0.05, 0.1) is 17.6 Å². The van der Waals surface area contributed by atoms with E-state index >= 15 is 0 Å². The Labute approximate surface area is 146 Å². The standard InChI is InChI=1S/C21H21FN2O/c1-3-9-21(14-25)10-8-16-11-19-15(12-20(16,21)2)13-23-24(19)18-6-4-17(22)5-7-18/h3-7,11,13-14H,1,8-10,12H2,2H3/t20?,21-/m1/s1. The Morgan fingerprint density at radius 2 is 2.12 bits per heavy atom. The normalized spacial score (nSPS) is 27.4. The zero-order chi connectivity index (χ0) is 17.7. The fourth-order valence-corrected chi connectivity index (χ4v) is 4.59. The van der Waals surface area contributed by atoms with Crippen LogP contribution in [0.25, 0.3) is 11.8 Å². The number of fused-ring (bicyclic) bond motifs is 2. The van der Waals surface area contributed by atoms with Crippen LogP contribution in [0.3, 0.4) is 0 Å². The van der Waals surface area contributed by atoms with Gasteiger partial charge in [0.2, 0.25) is 0 Å². The lowest BCUT2D eigenvalue weighted by Gasteiger charge is -2.42. The molecule has 3 nitrogen and oxygen atoms in total. The molecule has 1 aromatic heterocycles. The zero-order valence-electron chi connectivity index (χ0n) is 14.3. The first kappa shape index (κ1) is 16.0. The van der Waals surface area contributed by atoms with Crippen LogP contribution >= 0.6 is 0 Å². The number of carbonyl (C=O) groups is 1. The monoisotopic (exact) mass is 336 g/mol. The Bertz CT molecular complexity index is 880. The minimum atomic E-state index is -0.379. The van der Waals surface area contributed by atoms with Gasteiger partial charge in [-0.3, -0.25) is 0 Å². The molecule has 0 amide bonds. The summed E-state index contributed by atoms with van der Waals surface area (Å²) < 4.78 is 15.1. The Kier molecular flexibility index (Phi) is 3.53. The topological polar surface area (TPSA) is 34.9 Å². The highest BCUT2D eigenvalue weighted by Crippen LogP contribution is 2.60. The lowest BCUT2D eigenvalue weighted by atomic mass is 9.60. The number of halogens is 1. The van der Waals surface area contributed by atoms with Gasteiger partial charge in [-0.05, 0) is 61.6 Å². The van der Waals surface area contributed by atoms with E-state index in [-0.39, 0.29) is 16.6 Å². The molecule has 2 aliphatic carbocycles. The first-order valence-electron chi connectivity index (χ1n) is 8.64. The molecule has 0 aliphatic heterocycles. The molecule has 2 atom stereocenters. The van der Waals surface area contributed by atoms with E-state index in [0.29, 0.717) is 6.42 Å². The summed E-state index contributed by atoms with van der Waals surface area (Å²) in [4.78, 5) is 12.0. The van der Waals surface area contributed by atoms with Gasteiger partial charge in [-0.1, -0.05) is 18.6 Å². The third kappa shape index (κ3) is 2.16. The van der Waals surface area contributed by atoms with Crippen LogP contribution in [0, 0.1) is 16.6 Å². The molecular weight excluding hydrogens is 315 g/mol. The number of rotatable bonds is 4. The molecule has 1 unspecified atom stereocenters. The van der Waals surface area contributed by atoms with Crippen molar-refractivity contribution in [2.75, 3.05) is 0 Å². The average molecular weight is 336 g/mol. The number of allylic oxidation sites excluding steroid dienone is 2. The fourth-order valence-electron chi connectivity index (χ4n) is 4.59. The quantitative estimate of drug-likeness (QED) is 0.608. The number of aromatic nitrogens is 2. The Hall–Kier alpha value is -2.49. The Morgan fingerprint density at radius 3 is 2.80 bits per heavy atom. The molecule has 2 aliphatic rings. The van der Waals surface area contributed by atoms with E-state index in [0.717, 1.165) is 42.5 Å². The number of hydrogen-bond acceptors (Lipinski definition) is 2. The number of carbonyl (C=O) groups excluding carboxylic acids is 1. The molecule has 1 saturated carbocycles. The van der Waals surface area contributed by atoms with Crippen molar-refractivity contribution in [3.63, 3.8) is 0 Å². The predicted molar refractivity (Wildman–Crippen MR) is 95.9 cm³/mol.